The second-order valence-electron chi connectivity index (χ2n) is 6.08. The van der Waals surface area contributed by atoms with Crippen LogP contribution < -0.4 is 0 Å². The molecule has 1 aliphatic carbocycles. The molecule has 1 heteroatoms. The fourth-order valence-electron chi connectivity index (χ4n) is 3.37. The summed E-state index contributed by atoms with van der Waals surface area (Å²) in [7, 11) is 0. The summed E-state index contributed by atoms with van der Waals surface area (Å²) in [5, 5.41) is 0. The zero-order valence-electron chi connectivity index (χ0n) is 9.94. The quantitative estimate of drug-likeness (QED) is 0.620. The fraction of sp³-hybridized carbons (Fsp3) is 1.00. The highest BCUT2D eigenvalue weighted by atomic mass is 16.5. The molecule has 0 N–H and O–H groups in total. The lowest BCUT2D eigenvalue weighted by Crippen LogP contribution is -2.29. The summed E-state index contributed by atoms with van der Waals surface area (Å²) in [6.07, 6.45) is 8.37. The van der Waals surface area contributed by atoms with Crippen molar-refractivity contribution in [2.45, 2.75) is 64.9 Å². The lowest BCUT2D eigenvalue weighted by atomic mass is 9.67. The average molecular weight is 196 g/mol. The van der Waals surface area contributed by atoms with E-state index < -0.39 is 0 Å². The number of rotatable bonds is 1. The molecule has 2 fully saturated rings. The van der Waals surface area contributed by atoms with Crippen molar-refractivity contribution < 1.29 is 4.74 Å². The molecular formula is C13H24O. The molecule has 2 rings (SSSR count). The van der Waals surface area contributed by atoms with Gasteiger partial charge in [0.2, 0.25) is 0 Å². The molecule has 1 saturated heterocycles. The Kier molecular flexibility index (Phi) is 2.63. The van der Waals surface area contributed by atoms with Gasteiger partial charge in [-0.15, -0.1) is 0 Å². The molecule has 0 aromatic carbocycles. The van der Waals surface area contributed by atoms with Crippen LogP contribution in [0.15, 0.2) is 0 Å². The van der Waals surface area contributed by atoms with Crippen molar-refractivity contribution in [3.8, 4) is 0 Å². The van der Waals surface area contributed by atoms with Crippen molar-refractivity contribution in [3.05, 3.63) is 0 Å². The van der Waals surface area contributed by atoms with E-state index in [0.717, 1.165) is 12.5 Å². The van der Waals surface area contributed by atoms with Gasteiger partial charge in [-0.3, -0.25) is 0 Å². The molecule has 0 unspecified atom stereocenters. The maximum Gasteiger partial charge on any atom is 0.0632 e. The largest absolute Gasteiger partial charge is 0.375 e. The van der Waals surface area contributed by atoms with E-state index in [1.807, 2.05) is 0 Å². The molecule has 0 aromatic rings. The van der Waals surface area contributed by atoms with Crippen LogP contribution in [-0.2, 0) is 4.74 Å². The van der Waals surface area contributed by atoms with Gasteiger partial charge in [0.25, 0.3) is 0 Å². The highest BCUT2D eigenvalue weighted by Gasteiger charge is 2.45. The van der Waals surface area contributed by atoms with E-state index in [1.165, 1.54) is 38.5 Å². The summed E-state index contributed by atoms with van der Waals surface area (Å²) in [5.74, 6) is 1.00. The molecule has 0 aromatic heterocycles. The maximum absolute atomic E-state index is 5.90. The van der Waals surface area contributed by atoms with Crippen LogP contribution in [0.3, 0.4) is 0 Å². The van der Waals surface area contributed by atoms with Crippen LogP contribution in [0.4, 0.5) is 0 Å². The van der Waals surface area contributed by atoms with Crippen molar-refractivity contribution in [2.24, 2.45) is 11.3 Å². The third-order valence-electron chi connectivity index (χ3n) is 4.31. The summed E-state index contributed by atoms with van der Waals surface area (Å²) in [5.41, 5.74) is 0.716. The van der Waals surface area contributed by atoms with Crippen molar-refractivity contribution in [1.82, 2.24) is 0 Å². The Balaban J connectivity index is 1.94. The van der Waals surface area contributed by atoms with Crippen molar-refractivity contribution in [2.75, 3.05) is 6.61 Å². The molecule has 1 aliphatic heterocycles. The molecule has 14 heavy (non-hydrogen) atoms. The minimum Gasteiger partial charge on any atom is -0.375 e. The smallest absolute Gasteiger partial charge is 0.0632 e. The van der Waals surface area contributed by atoms with Crippen LogP contribution in [0, 0.1) is 11.3 Å². The van der Waals surface area contributed by atoms with Gasteiger partial charge < -0.3 is 4.74 Å². The van der Waals surface area contributed by atoms with Crippen molar-refractivity contribution in [3.63, 3.8) is 0 Å². The highest BCUT2D eigenvalue weighted by molar-refractivity contribution is 4.95. The van der Waals surface area contributed by atoms with E-state index >= 15 is 0 Å². The zero-order valence-corrected chi connectivity index (χ0v) is 9.94. The Labute approximate surface area is 88.2 Å². The summed E-state index contributed by atoms with van der Waals surface area (Å²) in [4.78, 5) is 0. The first-order valence-electron chi connectivity index (χ1n) is 6.19. The van der Waals surface area contributed by atoms with Crippen LogP contribution in [0.2, 0.25) is 0 Å². The molecule has 2 aliphatic rings. The molecule has 82 valence electrons. The van der Waals surface area contributed by atoms with Gasteiger partial charge in [-0.05, 0) is 57.3 Å². The Bertz CT molecular complexity index is 199. The SMILES string of the molecule is CCC1CCC2(CC1)COC(C)(C)C2. The minimum atomic E-state index is 0.152. The van der Waals surface area contributed by atoms with Gasteiger partial charge in [0.15, 0.2) is 0 Å². The van der Waals surface area contributed by atoms with E-state index in [-0.39, 0.29) is 5.60 Å². The lowest BCUT2D eigenvalue weighted by molar-refractivity contribution is 0.0270. The number of hydrogen-bond acceptors (Lipinski definition) is 1. The molecule has 0 atom stereocenters. The van der Waals surface area contributed by atoms with Gasteiger partial charge in [-0.25, -0.2) is 0 Å². The number of hydrogen-bond donors (Lipinski definition) is 0. The fourth-order valence-corrected chi connectivity index (χ4v) is 3.37. The first-order chi connectivity index (χ1) is 6.55. The third kappa shape index (κ3) is 1.98. The van der Waals surface area contributed by atoms with Gasteiger partial charge in [0.05, 0.1) is 12.2 Å². The van der Waals surface area contributed by atoms with Crippen LogP contribution in [0.25, 0.3) is 0 Å². The first kappa shape index (κ1) is 10.5. The van der Waals surface area contributed by atoms with E-state index in [9.17, 15) is 0 Å². The monoisotopic (exact) mass is 196 g/mol. The molecular weight excluding hydrogens is 172 g/mol. The summed E-state index contributed by atoms with van der Waals surface area (Å²) in [6, 6.07) is 0. The van der Waals surface area contributed by atoms with Crippen LogP contribution in [-0.4, -0.2) is 12.2 Å². The molecule has 1 spiro atoms. The average Bonchev–Trinajstić information content (AvgIpc) is 2.44. The molecule has 0 amide bonds. The Morgan fingerprint density at radius 3 is 2.29 bits per heavy atom. The predicted molar refractivity (Wildman–Crippen MR) is 59.3 cm³/mol. The predicted octanol–water partition coefficient (Wildman–Crippen LogP) is 3.77. The van der Waals surface area contributed by atoms with Crippen molar-refractivity contribution >= 4 is 0 Å². The van der Waals surface area contributed by atoms with E-state index in [0.29, 0.717) is 5.41 Å². The van der Waals surface area contributed by atoms with E-state index in [4.69, 9.17) is 4.74 Å². The standard InChI is InChI=1S/C13H24O/c1-4-11-5-7-13(8-6-11)9-12(2,3)14-10-13/h11H,4-10H2,1-3H3. The summed E-state index contributed by atoms with van der Waals surface area (Å²) >= 11 is 0. The Hall–Kier alpha value is -0.0400. The van der Waals surface area contributed by atoms with Gasteiger partial charge in [0, 0.05) is 0 Å². The molecule has 0 bridgehead atoms. The van der Waals surface area contributed by atoms with E-state index in [1.54, 1.807) is 0 Å². The normalized spacial score (nSPS) is 41.8. The number of ether oxygens (including phenoxy) is 1. The topological polar surface area (TPSA) is 9.23 Å². The van der Waals surface area contributed by atoms with Gasteiger partial charge in [-0.1, -0.05) is 13.3 Å². The molecule has 1 saturated carbocycles. The highest BCUT2D eigenvalue weighted by Crippen LogP contribution is 2.50. The Morgan fingerprint density at radius 1 is 1.21 bits per heavy atom. The van der Waals surface area contributed by atoms with Gasteiger partial charge >= 0.3 is 0 Å². The zero-order chi connectivity index (χ0) is 10.2. The van der Waals surface area contributed by atoms with Crippen molar-refractivity contribution in [1.29, 1.82) is 0 Å². The molecule has 1 heterocycles. The van der Waals surface area contributed by atoms with Gasteiger partial charge in [0.1, 0.15) is 0 Å². The lowest BCUT2D eigenvalue weighted by Gasteiger charge is -2.36. The van der Waals surface area contributed by atoms with Crippen LogP contribution >= 0.6 is 0 Å². The minimum absolute atomic E-state index is 0.152. The summed E-state index contributed by atoms with van der Waals surface area (Å²) < 4.78 is 5.90. The first-order valence-corrected chi connectivity index (χ1v) is 6.19. The second kappa shape index (κ2) is 3.52. The third-order valence-corrected chi connectivity index (χ3v) is 4.31. The van der Waals surface area contributed by atoms with Crippen LogP contribution in [0.1, 0.15) is 59.3 Å². The van der Waals surface area contributed by atoms with E-state index in [2.05, 4.69) is 20.8 Å². The molecule has 0 radical (unpaired) electrons. The maximum atomic E-state index is 5.90. The molecule has 1 nitrogen and oxygen atoms in total. The van der Waals surface area contributed by atoms with Crippen LogP contribution in [0.5, 0.6) is 0 Å². The second-order valence-corrected chi connectivity index (χ2v) is 6.08. The Morgan fingerprint density at radius 2 is 1.86 bits per heavy atom. The van der Waals surface area contributed by atoms with Gasteiger partial charge in [-0.2, -0.15) is 0 Å². The summed E-state index contributed by atoms with van der Waals surface area (Å²) in [6.45, 7) is 7.84.